The molecule has 102 valence electrons. The van der Waals surface area contributed by atoms with Crippen LogP contribution in [0.2, 0.25) is 0 Å². The van der Waals surface area contributed by atoms with Gasteiger partial charge in [-0.1, -0.05) is 66.7 Å². The Balaban J connectivity index is 3.41. The summed E-state index contributed by atoms with van der Waals surface area (Å²) in [5, 5.41) is 0. The van der Waals surface area contributed by atoms with Gasteiger partial charge >= 0.3 is 0 Å². The molecule has 0 heterocycles. The molecular weight excluding hydrogens is 223 g/mol. The van der Waals surface area contributed by atoms with Gasteiger partial charge < -0.3 is 0 Å². The lowest BCUT2D eigenvalue weighted by Crippen LogP contribution is -2.22. The van der Waals surface area contributed by atoms with Gasteiger partial charge in [-0.15, -0.1) is 0 Å². The van der Waals surface area contributed by atoms with Crippen LogP contribution in [0.1, 0.15) is 71.1 Å². The average Bonchev–Trinajstić information content (AvgIpc) is 2.27. The van der Waals surface area contributed by atoms with Gasteiger partial charge in [-0.2, -0.15) is 0 Å². The third-order valence-electron chi connectivity index (χ3n) is 3.60. The Labute approximate surface area is 112 Å². The fourth-order valence-corrected chi connectivity index (χ4v) is 1.89. The number of hydrogen-bond donors (Lipinski definition) is 0. The lowest BCUT2D eigenvalue weighted by Gasteiger charge is -2.27. The molecule has 0 aromatic heterocycles. The molecule has 0 nitrogen and oxygen atoms in total. The molecule has 0 aliphatic rings. The summed E-state index contributed by atoms with van der Waals surface area (Å²) in [5.74, 6) is 0.474. The zero-order chi connectivity index (χ0) is 14.1. The minimum atomic E-state index is -0.398. The highest BCUT2D eigenvalue weighted by molar-refractivity contribution is 5.38. The second-order valence-corrected chi connectivity index (χ2v) is 7.27. The van der Waals surface area contributed by atoms with Gasteiger partial charge in [0, 0.05) is 5.41 Å². The van der Waals surface area contributed by atoms with Gasteiger partial charge in [0.1, 0.15) is 0 Å². The zero-order valence-corrected chi connectivity index (χ0v) is 12.9. The monoisotopic (exact) mass is 250 g/mol. The number of halogens is 1. The van der Waals surface area contributed by atoms with Crippen molar-refractivity contribution in [2.45, 2.75) is 65.2 Å². The Morgan fingerprint density at radius 3 is 1.83 bits per heavy atom. The summed E-state index contributed by atoms with van der Waals surface area (Å²) in [6.07, 6.45) is 0. The van der Waals surface area contributed by atoms with Gasteiger partial charge in [-0.25, -0.2) is 0 Å². The first-order valence-electron chi connectivity index (χ1n) is 6.80. The quantitative estimate of drug-likeness (QED) is 0.678. The van der Waals surface area contributed by atoms with Crippen molar-refractivity contribution in [1.29, 1.82) is 0 Å². The van der Waals surface area contributed by atoms with Crippen molar-refractivity contribution in [3.05, 3.63) is 34.9 Å². The van der Waals surface area contributed by atoms with E-state index in [0.717, 1.165) is 5.56 Å². The van der Waals surface area contributed by atoms with Gasteiger partial charge in [0.2, 0.25) is 0 Å². The normalized spacial score (nSPS) is 13.2. The van der Waals surface area contributed by atoms with Crippen molar-refractivity contribution in [2.75, 3.05) is 6.67 Å². The van der Waals surface area contributed by atoms with E-state index in [1.165, 1.54) is 11.1 Å². The van der Waals surface area contributed by atoms with Crippen LogP contribution in [0.25, 0.3) is 0 Å². The van der Waals surface area contributed by atoms with Crippen LogP contribution in [0.3, 0.4) is 0 Å². The number of benzene rings is 1. The standard InChI is InChI=1S/C17H27F/c1-12(2)13-8-14(16(3,4)5)10-15(9-13)17(6,7)11-18/h8-10,12H,11H2,1-7H3. The van der Waals surface area contributed by atoms with Gasteiger partial charge in [0.15, 0.2) is 0 Å². The second kappa shape index (κ2) is 5.03. The molecule has 1 rings (SSSR count). The Morgan fingerprint density at radius 2 is 1.44 bits per heavy atom. The van der Waals surface area contributed by atoms with Crippen LogP contribution >= 0.6 is 0 Å². The van der Waals surface area contributed by atoms with Crippen molar-refractivity contribution < 1.29 is 4.39 Å². The van der Waals surface area contributed by atoms with Crippen LogP contribution in [0.5, 0.6) is 0 Å². The highest BCUT2D eigenvalue weighted by atomic mass is 19.1. The van der Waals surface area contributed by atoms with E-state index in [-0.39, 0.29) is 12.1 Å². The van der Waals surface area contributed by atoms with E-state index in [2.05, 4.69) is 52.8 Å². The Kier molecular flexibility index (Phi) is 4.25. The molecule has 0 atom stereocenters. The van der Waals surface area contributed by atoms with E-state index < -0.39 is 5.41 Å². The molecule has 0 radical (unpaired) electrons. The first-order chi connectivity index (χ1) is 8.08. The van der Waals surface area contributed by atoms with Crippen molar-refractivity contribution in [1.82, 2.24) is 0 Å². The summed E-state index contributed by atoms with van der Waals surface area (Å²) in [6.45, 7) is 14.6. The Bertz CT molecular complexity index is 408. The molecule has 0 amide bonds. The predicted octanol–water partition coefficient (Wildman–Crippen LogP) is 5.35. The van der Waals surface area contributed by atoms with Crippen molar-refractivity contribution >= 4 is 0 Å². The predicted molar refractivity (Wildman–Crippen MR) is 78.2 cm³/mol. The molecule has 0 spiro atoms. The molecule has 0 aliphatic carbocycles. The first-order valence-corrected chi connectivity index (χ1v) is 6.80. The van der Waals surface area contributed by atoms with Gasteiger partial charge in [-0.05, 0) is 28.0 Å². The van der Waals surface area contributed by atoms with Gasteiger partial charge in [0.25, 0.3) is 0 Å². The summed E-state index contributed by atoms with van der Waals surface area (Å²) in [6, 6.07) is 6.60. The van der Waals surface area contributed by atoms with E-state index in [4.69, 9.17) is 0 Å². The molecular formula is C17H27F. The average molecular weight is 250 g/mol. The lowest BCUT2D eigenvalue weighted by atomic mass is 9.78. The fourth-order valence-electron chi connectivity index (χ4n) is 1.89. The van der Waals surface area contributed by atoms with Gasteiger partial charge in [0.05, 0.1) is 6.67 Å². The highest BCUT2D eigenvalue weighted by Crippen LogP contribution is 2.32. The van der Waals surface area contributed by atoms with Gasteiger partial charge in [-0.3, -0.25) is 4.39 Å². The van der Waals surface area contributed by atoms with Crippen molar-refractivity contribution in [3.8, 4) is 0 Å². The van der Waals surface area contributed by atoms with Crippen LogP contribution in [0.4, 0.5) is 4.39 Å². The third-order valence-corrected chi connectivity index (χ3v) is 3.60. The summed E-state index contributed by atoms with van der Waals surface area (Å²) < 4.78 is 13.2. The molecule has 0 bridgehead atoms. The smallest absolute Gasteiger partial charge is 0.0985 e. The van der Waals surface area contributed by atoms with E-state index in [1.807, 2.05) is 13.8 Å². The molecule has 0 N–H and O–H groups in total. The van der Waals surface area contributed by atoms with E-state index >= 15 is 0 Å². The summed E-state index contributed by atoms with van der Waals surface area (Å²) >= 11 is 0. The maximum absolute atomic E-state index is 13.2. The molecule has 0 aliphatic heterocycles. The van der Waals surface area contributed by atoms with Crippen LogP contribution in [-0.4, -0.2) is 6.67 Å². The zero-order valence-electron chi connectivity index (χ0n) is 12.9. The number of alkyl halides is 1. The molecule has 0 unspecified atom stereocenters. The van der Waals surface area contributed by atoms with Crippen LogP contribution in [-0.2, 0) is 10.8 Å². The topological polar surface area (TPSA) is 0 Å². The van der Waals surface area contributed by atoms with E-state index in [0.29, 0.717) is 5.92 Å². The van der Waals surface area contributed by atoms with Crippen LogP contribution in [0, 0.1) is 0 Å². The molecule has 0 saturated carbocycles. The molecule has 1 heteroatoms. The maximum Gasteiger partial charge on any atom is 0.0985 e. The van der Waals surface area contributed by atoms with E-state index in [1.54, 1.807) is 0 Å². The highest BCUT2D eigenvalue weighted by Gasteiger charge is 2.24. The Morgan fingerprint density at radius 1 is 0.944 bits per heavy atom. The largest absolute Gasteiger partial charge is 0.250 e. The van der Waals surface area contributed by atoms with Crippen LogP contribution in [0.15, 0.2) is 18.2 Å². The fraction of sp³-hybridized carbons (Fsp3) is 0.647. The molecule has 18 heavy (non-hydrogen) atoms. The van der Waals surface area contributed by atoms with Crippen molar-refractivity contribution in [2.24, 2.45) is 0 Å². The van der Waals surface area contributed by atoms with Crippen LogP contribution < -0.4 is 0 Å². The number of rotatable bonds is 3. The third kappa shape index (κ3) is 3.34. The lowest BCUT2D eigenvalue weighted by molar-refractivity contribution is 0.350. The summed E-state index contributed by atoms with van der Waals surface area (Å²) in [7, 11) is 0. The maximum atomic E-state index is 13.2. The Hall–Kier alpha value is -0.850. The molecule has 1 aromatic carbocycles. The van der Waals surface area contributed by atoms with Crippen molar-refractivity contribution in [3.63, 3.8) is 0 Å². The first kappa shape index (κ1) is 15.2. The molecule has 0 fully saturated rings. The second-order valence-electron chi connectivity index (χ2n) is 7.27. The summed E-state index contributed by atoms with van der Waals surface area (Å²) in [4.78, 5) is 0. The molecule has 0 saturated heterocycles. The summed E-state index contributed by atoms with van der Waals surface area (Å²) in [5.41, 5.74) is 3.42. The van der Waals surface area contributed by atoms with E-state index in [9.17, 15) is 4.39 Å². The SMILES string of the molecule is CC(C)c1cc(C(C)(C)C)cc(C(C)(C)CF)c1. The molecule has 1 aromatic rings. The number of hydrogen-bond acceptors (Lipinski definition) is 0. The minimum Gasteiger partial charge on any atom is -0.250 e. The minimum absolute atomic E-state index is 0.103.